The number of aromatic nitrogens is 2. The molecular weight excluding hydrogens is 493 g/mol. The number of fused-ring (bicyclic) bond motifs is 1. The van der Waals surface area contributed by atoms with Crippen molar-refractivity contribution in [2.45, 2.75) is 31.3 Å². The van der Waals surface area contributed by atoms with Crippen LogP contribution >= 0.6 is 0 Å². The zero-order valence-electron chi connectivity index (χ0n) is 21.1. The summed E-state index contributed by atoms with van der Waals surface area (Å²) in [5.41, 5.74) is 1.99. The van der Waals surface area contributed by atoms with E-state index in [1.807, 2.05) is 0 Å². The van der Waals surface area contributed by atoms with Gasteiger partial charge in [0.2, 0.25) is 5.91 Å². The van der Waals surface area contributed by atoms with Gasteiger partial charge in [-0.3, -0.25) is 9.59 Å². The standard InChI is InChI=1S/C27H28FN5O5/c1-31-20(6-9-25(31)34)15-37-21-7-8-24-23(12-21)32(2)26(35)22(16-38-24)30-27(36)33-14-18(13-29-33)10-17-4-3-5-19(28)11-17/h3-5,7-8,11-14,20,22H,6,9-10,15-16H2,1-2H3,(H,30,36)/t20?,22-/m0/s1. The molecule has 1 N–H and O–H groups in total. The molecule has 0 bridgehead atoms. The largest absolute Gasteiger partial charge is 0.491 e. The number of carbonyl (C=O) groups is 3. The van der Waals surface area contributed by atoms with Crippen molar-refractivity contribution in [1.82, 2.24) is 20.0 Å². The number of ether oxygens (including phenoxy) is 2. The van der Waals surface area contributed by atoms with Crippen LogP contribution in [0.3, 0.4) is 0 Å². The molecule has 0 radical (unpaired) electrons. The summed E-state index contributed by atoms with van der Waals surface area (Å²) in [6.45, 7) is 0.289. The van der Waals surface area contributed by atoms with Gasteiger partial charge in [-0.05, 0) is 41.8 Å². The number of likely N-dealkylation sites (N-methyl/N-ethyl adjacent to an activating group) is 2. The van der Waals surface area contributed by atoms with Crippen LogP contribution in [0, 0.1) is 5.82 Å². The maximum atomic E-state index is 13.5. The second kappa shape index (κ2) is 10.5. The van der Waals surface area contributed by atoms with Crippen LogP contribution in [0.15, 0.2) is 54.9 Å². The molecule has 2 aliphatic heterocycles. The van der Waals surface area contributed by atoms with Crippen LogP contribution in [0.1, 0.15) is 24.0 Å². The number of nitrogens with one attached hydrogen (secondary N) is 1. The lowest BCUT2D eigenvalue weighted by atomic mass is 10.1. The van der Waals surface area contributed by atoms with E-state index in [0.29, 0.717) is 36.6 Å². The van der Waals surface area contributed by atoms with E-state index in [2.05, 4.69) is 10.4 Å². The molecule has 38 heavy (non-hydrogen) atoms. The fourth-order valence-corrected chi connectivity index (χ4v) is 4.58. The Morgan fingerprint density at radius 3 is 2.79 bits per heavy atom. The number of benzene rings is 2. The first kappa shape index (κ1) is 25.2. The summed E-state index contributed by atoms with van der Waals surface area (Å²) in [5.74, 6) is 0.438. The predicted octanol–water partition coefficient (Wildman–Crippen LogP) is 2.59. The number of halogens is 1. The minimum absolute atomic E-state index is 0.00758. The summed E-state index contributed by atoms with van der Waals surface area (Å²) in [6, 6.07) is 9.86. The summed E-state index contributed by atoms with van der Waals surface area (Å²) >= 11 is 0. The Morgan fingerprint density at radius 1 is 1.18 bits per heavy atom. The van der Waals surface area contributed by atoms with Crippen LogP contribution in [0.4, 0.5) is 14.9 Å². The highest BCUT2D eigenvalue weighted by Crippen LogP contribution is 2.34. The number of likely N-dealkylation sites (tertiary alicyclic amines) is 1. The second-order valence-corrected chi connectivity index (χ2v) is 9.45. The molecule has 3 aromatic rings. The Hall–Kier alpha value is -4.41. The van der Waals surface area contributed by atoms with Crippen LogP contribution in [0.5, 0.6) is 11.5 Å². The van der Waals surface area contributed by atoms with E-state index < -0.39 is 12.1 Å². The highest BCUT2D eigenvalue weighted by atomic mass is 19.1. The van der Waals surface area contributed by atoms with Crippen molar-refractivity contribution in [2.24, 2.45) is 0 Å². The molecule has 0 saturated carbocycles. The van der Waals surface area contributed by atoms with Gasteiger partial charge < -0.3 is 24.6 Å². The van der Waals surface area contributed by atoms with Crippen molar-refractivity contribution < 1.29 is 28.2 Å². The van der Waals surface area contributed by atoms with E-state index in [9.17, 15) is 18.8 Å². The van der Waals surface area contributed by atoms with Gasteiger partial charge in [0.05, 0.1) is 17.9 Å². The summed E-state index contributed by atoms with van der Waals surface area (Å²) in [5, 5.41) is 6.76. The van der Waals surface area contributed by atoms with Gasteiger partial charge >= 0.3 is 6.03 Å². The van der Waals surface area contributed by atoms with Gasteiger partial charge in [0, 0.05) is 39.2 Å². The quantitative estimate of drug-likeness (QED) is 0.535. The molecule has 1 fully saturated rings. The van der Waals surface area contributed by atoms with Crippen molar-refractivity contribution in [3.63, 3.8) is 0 Å². The number of carbonyl (C=O) groups excluding carboxylic acids is 3. The zero-order valence-corrected chi connectivity index (χ0v) is 21.1. The van der Waals surface area contributed by atoms with E-state index >= 15 is 0 Å². The van der Waals surface area contributed by atoms with E-state index in [1.54, 1.807) is 55.5 Å². The lowest BCUT2D eigenvalue weighted by Gasteiger charge is -2.22. The van der Waals surface area contributed by atoms with Gasteiger partial charge in [0.15, 0.2) is 0 Å². The Labute approximate surface area is 218 Å². The maximum absolute atomic E-state index is 13.5. The fourth-order valence-electron chi connectivity index (χ4n) is 4.58. The van der Waals surface area contributed by atoms with Crippen LogP contribution in [0.25, 0.3) is 0 Å². The average Bonchev–Trinajstić information content (AvgIpc) is 3.48. The second-order valence-electron chi connectivity index (χ2n) is 9.45. The van der Waals surface area contributed by atoms with Crippen molar-refractivity contribution in [3.05, 3.63) is 71.8 Å². The third kappa shape index (κ3) is 5.31. The molecule has 0 aliphatic carbocycles. The van der Waals surface area contributed by atoms with Crippen molar-refractivity contribution in [1.29, 1.82) is 0 Å². The fraction of sp³-hybridized carbons (Fsp3) is 0.333. The smallest absolute Gasteiger partial charge is 0.342 e. The normalized spacial score (nSPS) is 19.1. The van der Waals surface area contributed by atoms with E-state index in [0.717, 1.165) is 22.2 Å². The van der Waals surface area contributed by atoms with Gasteiger partial charge in [-0.15, -0.1) is 0 Å². The molecule has 2 aromatic carbocycles. The molecule has 1 unspecified atom stereocenters. The summed E-state index contributed by atoms with van der Waals surface area (Å²) in [6.07, 6.45) is 4.73. The maximum Gasteiger partial charge on any atom is 0.342 e. The summed E-state index contributed by atoms with van der Waals surface area (Å²) in [7, 11) is 3.37. The third-order valence-corrected chi connectivity index (χ3v) is 6.84. The van der Waals surface area contributed by atoms with Gasteiger partial charge in [-0.1, -0.05) is 12.1 Å². The number of amides is 3. The Balaban J connectivity index is 1.22. The lowest BCUT2D eigenvalue weighted by molar-refractivity contribution is -0.128. The monoisotopic (exact) mass is 521 g/mol. The molecular formula is C27H28FN5O5. The summed E-state index contributed by atoms with van der Waals surface area (Å²) in [4.78, 5) is 40.9. The van der Waals surface area contributed by atoms with Crippen LogP contribution in [-0.4, -0.2) is 71.9 Å². The van der Waals surface area contributed by atoms with Gasteiger partial charge in [-0.25, -0.2) is 9.18 Å². The Morgan fingerprint density at radius 2 is 2.03 bits per heavy atom. The van der Waals surface area contributed by atoms with E-state index in [4.69, 9.17) is 9.47 Å². The molecule has 3 heterocycles. The van der Waals surface area contributed by atoms with Crippen molar-refractivity contribution >= 4 is 23.5 Å². The molecule has 5 rings (SSSR count). The first-order valence-corrected chi connectivity index (χ1v) is 12.3. The van der Waals surface area contributed by atoms with E-state index in [-0.39, 0.29) is 30.3 Å². The van der Waals surface area contributed by atoms with Gasteiger partial charge in [0.25, 0.3) is 5.91 Å². The molecule has 1 saturated heterocycles. The minimum atomic E-state index is -0.946. The van der Waals surface area contributed by atoms with Gasteiger partial charge in [0.1, 0.15) is 36.6 Å². The SMILES string of the molecule is CN1C(=O)[C@@H](NC(=O)n2cc(Cc3cccc(F)c3)cn2)COc2ccc(OCC3CCC(=O)N3C)cc21. The first-order chi connectivity index (χ1) is 18.3. The van der Waals surface area contributed by atoms with E-state index in [1.165, 1.54) is 23.2 Å². The lowest BCUT2D eigenvalue weighted by Crippen LogP contribution is -2.50. The molecule has 0 spiro atoms. The number of hydrogen-bond acceptors (Lipinski definition) is 6. The highest BCUT2D eigenvalue weighted by molar-refractivity contribution is 6.00. The number of nitrogens with zero attached hydrogens (tertiary/aromatic N) is 4. The van der Waals surface area contributed by atoms with Crippen LogP contribution in [-0.2, 0) is 16.0 Å². The predicted molar refractivity (Wildman–Crippen MR) is 136 cm³/mol. The van der Waals surface area contributed by atoms with Crippen molar-refractivity contribution in [3.8, 4) is 11.5 Å². The molecule has 2 aliphatic rings. The molecule has 10 nitrogen and oxygen atoms in total. The number of hydrogen-bond donors (Lipinski definition) is 1. The first-order valence-electron chi connectivity index (χ1n) is 12.3. The molecule has 1 aromatic heterocycles. The molecule has 198 valence electrons. The molecule has 3 amide bonds. The van der Waals surface area contributed by atoms with Gasteiger partial charge in [-0.2, -0.15) is 9.78 Å². The minimum Gasteiger partial charge on any atom is -0.491 e. The third-order valence-electron chi connectivity index (χ3n) is 6.84. The van der Waals surface area contributed by atoms with Crippen LogP contribution in [0.2, 0.25) is 0 Å². The topological polar surface area (TPSA) is 106 Å². The Bertz CT molecular complexity index is 1380. The number of rotatable bonds is 6. The Kier molecular flexibility index (Phi) is 6.99. The zero-order chi connectivity index (χ0) is 26.8. The molecule has 2 atom stereocenters. The molecule has 11 heteroatoms. The highest BCUT2D eigenvalue weighted by Gasteiger charge is 2.32. The van der Waals surface area contributed by atoms with Crippen LogP contribution < -0.4 is 19.7 Å². The van der Waals surface area contributed by atoms with Crippen molar-refractivity contribution in [2.75, 3.05) is 32.2 Å². The number of anilines is 1. The summed E-state index contributed by atoms with van der Waals surface area (Å²) < 4.78 is 26.3. The average molecular weight is 522 g/mol.